The van der Waals surface area contributed by atoms with Gasteiger partial charge in [-0.05, 0) is 30.4 Å². The monoisotopic (exact) mass is 378 g/mol. The molecule has 0 spiro atoms. The molecule has 132 valence electrons. The number of nitrogens with one attached hydrogen (secondary N) is 3. The largest absolute Gasteiger partial charge is 0.356 e. The molecule has 1 fully saturated rings. The van der Waals surface area contributed by atoms with Crippen molar-refractivity contribution < 1.29 is 9.29 Å². The lowest BCUT2D eigenvalue weighted by Crippen LogP contribution is -3.11. The molecule has 2 aromatic rings. The van der Waals surface area contributed by atoms with E-state index in [-0.39, 0.29) is 5.02 Å². The van der Waals surface area contributed by atoms with E-state index in [0.717, 1.165) is 6.54 Å². The van der Waals surface area contributed by atoms with Crippen LogP contribution in [0.4, 0.5) is 10.1 Å². The number of quaternary nitrogens is 1. The summed E-state index contributed by atoms with van der Waals surface area (Å²) in [5, 5.41) is 6.97. The second-order valence-corrected chi connectivity index (χ2v) is 7.11. The molecule has 6 heteroatoms. The minimum atomic E-state index is -0.437. The minimum absolute atomic E-state index is 0.0801. The van der Waals surface area contributed by atoms with Gasteiger partial charge in [-0.3, -0.25) is 0 Å². The van der Waals surface area contributed by atoms with Crippen LogP contribution in [0.25, 0.3) is 0 Å². The highest BCUT2D eigenvalue weighted by Crippen LogP contribution is 2.19. The smallest absolute Gasteiger partial charge is 0.171 e. The molecule has 25 heavy (non-hydrogen) atoms. The van der Waals surface area contributed by atoms with Crippen molar-refractivity contribution in [3.8, 4) is 0 Å². The molecule has 0 bridgehead atoms. The third-order valence-corrected chi connectivity index (χ3v) is 5.12. The quantitative estimate of drug-likeness (QED) is 0.698. The number of likely N-dealkylation sites (tertiary alicyclic amines) is 1. The van der Waals surface area contributed by atoms with Gasteiger partial charge in [-0.25, -0.2) is 4.39 Å². The first kappa shape index (κ1) is 18.1. The zero-order valence-electron chi connectivity index (χ0n) is 13.9. The number of hydrogen-bond donors (Lipinski definition) is 3. The van der Waals surface area contributed by atoms with E-state index in [9.17, 15) is 4.39 Å². The SMILES string of the molecule is Fc1ccc(NC(=S)NC[C@H](c2ccccc2)[NH+]2CCCC2)cc1Cl. The maximum atomic E-state index is 13.2. The van der Waals surface area contributed by atoms with E-state index in [4.69, 9.17) is 23.8 Å². The molecule has 1 saturated heterocycles. The molecule has 0 aliphatic carbocycles. The average Bonchev–Trinajstić information content (AvgIpc) is 3.14. The Morgan fingerprint density at radius 2 is 1.88 bits per heavy atom. The Morgan fingerprint density at radius 1 is 1.16 bits per heavy atom. The van der Waals surface area contributed by atoms with E-state index < -0.39 is 5.82 Å². The molecule has 1 heterocycles. The fourth-order valence-corrected chi connectivity index (χ4v) is 3.69. The Bertz CT molecular complexity index is 720. The lowest BCUT2D eigenvalue weighted by Gasteiger charge is -2.26. The van der Waals surface area contributed by atoms with Crippen molar-refractivity contribution in [1.29, 1.82) is 0 Å². The van der Waals surface area contributed by atoms with Gasteiger partial charge >= 0.3 is 0 Å². The Hall–Kier alpha value is -1.69. The van der Waals surface area contributed by atoms with Crippen LogP contribution in [0.2, 0.25) is 5.02 Å². The van der Waals surface area contributed by atoms with Crippen LogP contribution >= 0.6 is 23.8 Å². The summed E-state index contributed by atoms with van der Waals surface area (Å²) in [5.41, 5.74) is 1.99. The summed E-state index contributed by atoms with van der Waals surface area (Å²) in [6, 6.07) is 15.4. The summed E-state index contributed by atoms with van der Waals surface area (Å²) >= 11 is 11.2. The van der Waals surface area contributed by atoms with Crippen molar-refractivity contribution in [3.63, 3.8) is 0 Å². The van der Waals surface area contributed by atoms with Gasteiger partial charge in [0.25, 0.3) is 0 Å². The van der Waals surface area contributed by atoms with Crippen LogP contribution in [-0.2, 0) is 0 Å². The zero-order valence-corrected chi connectivity index (χ0v) is 15.5. The summed E-state index contributed by atoms with van der Waals surface area (Å²) in [4.78, 5) is 1.59. The molecule has 0 saturated carbocycles. The van der Waals surface area contributed by atoms with E-state index in [1.54, 1.807) is 11.0 Å². The Morgan fingerprint density at radius 3 is 2.56 bits per heavy atom. The molecule has 0 amide bonds. The summed E-state index contributed by atoms with van der Waals surface area (Å²) in [7, 11) is 0. The standard InChI is InChI=1S/C19H21ClFN3S/c20-16-12-15(8-9-17(16)21)23-19(25)22-13-18(24-10-4-5-11-24)14-6-2-1-3-7-14/h1-3,6-9,12,18H,4-5,10-11,13H2,(H2,22,23,25)/p+1/t18-/m1/s1. The molecule has 3 rings (SSSR count). The lowest BCUT2D eigenvalue weighted by molar-refractivity contribution is -0.918. The molecular weight excluding hydrogens is 357 g/mol. The second kappa shape index (κ2) is 8.61. The first-order valence-corrected chi connectivity index (χ1v) is 9.31. The van der Waals surface area contributed by atoms with Crippen LogP contribution in [0.15, 0.2) is 48.5 Å². The molecule has 3 N–H and O–H groups in total. The number of anilines is 1. The highest BCUT2D eigenvalue weighted by Gasteiger charge is 2.27. The maximum Gasteiger partial charge on any atom is 0.171 e. The molecular formula is C19H22ClFN3S+. The number of halogens is 2. The Kier molecular flexibility index (Phi) is 6.24. The van der Waals surface area contributed by atoms with Crippen molar-refractivity contribution >= 4 is 34.6 Å². The van der Waals surface area contributed by atoms with Gasteiger partial charge in [0.2, 0.25) is 0 Å². The molecule has 1 atom stereocenters. The van der Waals surface area contributed by atoms with Gasteiger partial charge in [0.1, 0.15) is 11.9 Å². The lowest BCUT2D eigenvalue weighted by atomic mass is 10.1. The predicted molar refractivity (Wildman–Crippen MR) is 105 cm³/mol. The van der Waals surface area contributed by atoms with Crippen molar-refractivity contribution in [2.45, 2.75) is 18.9 Å². The summed E-state index contributed by atoms with van der Waals surface area (Å²) in [6.07, 6.45) is 2.55. The fourth-order valence-electron chi connectivity index (χ4n) is 3.30. The maximum absolute atomic E-state index is 13.2. The van der Waals surface area contributed by atoms with Crippen molar-refractivity contribution in [2.75, 3.05) is 25.0 Å². The van der Waals surface area contributed by atoms with Gasteiger partial charge in [0, 0.05) is 24.1 Å². The van der Waals surface area contributed by atoms with E-state index in [0.29, 0.717) is 16.8 Å². The number of rotatable bonds is 5. The van der Waals surface area contributed by atoms with Crippen LogP contribution in [0.5, 0.6) is 0 Å². The van der Waals surface area contributed by atoms with E-state index >= 15 is 0 Å². The van der Waals surface area contributed by atoms with E-state index in [1.165, 1.54) is 43.6 Å². The summed E-state index contributed by atoms with van der Waals surface area (Å²) in [6.45, 7) is 3.13. The number of thiocarbonyl (C=S) groups is 1. The topological polar surface area (TPSA) is 28.5 Å². The third-order valence-electron chi connectivity index (χ3n) is 4.58. The van der Waals surface area contributed by atoms with Gasteiger partial charge in [0.05, 0.1) is 24.7 Å². The van der Waals surface area contributed by atoms with Gasteiger partial charge in [0.15, 0.2) is 5.11 Å². The highest BCUT2D eigenvalue weighted by atomic mass is 35.5. The van der Waals surface area contributed by atoms with Crippen LogP contribution in [0.3, 0.4) is 0 Å². The molecule has 2 aromatic carbocycles. The predicted octanol–water partition coefficient (Wildman–Crippen LogP) is 3.19. The third kappa shape index (κ3) is 4.91. The Labute approximate surface area is 158 Å². The van der Waals surface area contributed by atoms with E-state index in [2.05, 4.69) is 34.9 Å². The van der Waals surface area contributed by atoms with E-state index in [1.807, 2.05) is 6.07 Å². The van der Waals surface area contributed by atoms with Crippen LogP contribution in [0.1, 0.15) is 24.4 Å². The normalized spacial score (nSPS) is 15.8. The minimum Gasteiger partial charge on any atom is -0.356 e. The molecule has 1 aliphatic rings. The summed E-state index contributed by atoms with van der Waals surface area (Å²) in [5.74, 6) is -0.437. The van der Waals surface area contributed by atoms with Crippen LogP contribution < -0.4 is 15.5 Å². The summed E-state index contributed by atoms with van der Waals surface area (Å²) < 4.78 is 13.2. The van der Waals surface area contributed by atoms with Gasteiger partial charge < -0.3 is 15.5 Å². The number of hydrogen-bond acceptors (Lipinski definition) is 1. The van der Waals surface area contributed by atoms with Crippen molar-refractivity contribution in [3.05, 3.63) is 64.9 Å². The Balaban J connectivity index is 1.62. The van der Waals surface area contributed by atoms with Crippen molar-refractivity contribution in [1.82, 2.24) is 5.32 Å². The molecule has 0 radical (unpaired) electrons. The zero-order chi connectivity index (χ0) is 17.6. The molecule has 0 unspecified atom stereocenters. The average molecular weight is 379 g/mol. The molecule has 1 aliphatic heterocycles. The first-order chi connectivity index (χ1) is 12.1. The molecule has 3 nitrogen and oxygen atoms in total. The number of benzene rings is 2. The van der Waals surface area contributed by atoms with Crippen molar-refractivity contribution in [2.24, 2.45) is 0 Å². The van der Waals surface area contributed by atoms with Gasteiger partial charge in [-0.2, -0.15) is 0 Å². The van der Waals surface area contributed by atoms with Gasteiger partial charge in [-0.1, -0.05) is 41.9 Å². The highest BCUT2D eigenvalue weighted by molar-refractivity contribution is 7.80. The molecule has 0 aromatic heterocycles. The van der Waals surface area contributed by atoms with Crippen LogP contribution in [0, 0.1) is 5.82 Å². The second-order valence-electron chi connectivity index (χ2n) is 6.29. The van der Waals surface area contributed by atoms with Gasteiger partial charge in [-0.15, -0.1) is 0 Å². The fraction of sp³-hybridized carbons (Fsp3) is 0.316. The van der Waals surface area contributed by atoms with Crippen LogP contribution in [-0.4, -0.2) is 24.7 Å². The first-order valence-electron chi connectivity index (χ1n) is 8.53.